The number of hydrogen-bond acceptors (Lipinski definition) is 3. The van der Waals surface area contributed by atoms with Crippen molar-refractivity contribution >= 4 is 5.91 Å². The third kappa shape index (κ3) is 5.43. The quantitative estimate of drug-likeness (QED) is 0.611. The molecule has 0 fully saturated rings. The van der Waals surface area contributed by atoms with Gasteiger partial charge in [0.2, 0.25) is 0 Å². The molecule has 0 aliphatic carbocycles. The van der Waals surface area contributed by atoms with Crippen LogP contribution < -0.4 is 5.32 Å². The molecule has 0 bridgehead atoms. The highest BCUT2D eigenvalue weighted by molar-refractivity contribution is 5.94. The maximum atomic E-state index is 12.0. The molecule has 0 spiro atoms. The first-order chi connectivity index (χ1) is 9.69. The Morgan fingerprint density at radius 3 is 2.95 bits per heavy atom. The molecule has 0 saturated heterocycles. The zero-order valence-electron chi connectivity index (χ0n) is 12.0. The van der Waals surface area contributed by atoms with Gasteiger partial charge >= 0.3 is 0 Å². The zero-order valence-corrected chi connectivity index (χ0v) is 12.0. The third-order valence-corrected chi connectivity index (χ3v) is 2.76. The van der Waals surface area contributed by atoms with Crippen LogP contribution in [-0.4, -0.2) is 37.4 Å². The van der Waals surface area contributed by atoms with E-state index in [1.807, 2.05) is 19.9 Å². The molecule has 0 unspecified atom stereocenters. The lowest BCUT2D eigenvalue weighted by molar-refractivity contribution is 0.0944. The number of ether oxygens (including phenoxy) is 1. The number of rotatable bonds is 6. The first-order valence-corrected chi connectivity index (χ1v) is 6.75. The molecule has 0 aliphatic heterocycles. The summed E-state index contributed by atoms with van der Waals surface area (Å²) in [4.78, 5) is 12.0. The first kappa shape index (κ1) is 16.2. The molecule has 0 radical (unpaired) electrons. The highest BCUT2D eigenvalue weighted by Crippen LogP contribution is 2.10. The van der Waals surface area contributed by atoms with Crippen molar-refractivity contribution in [1.29, 1.82) is 0 Å². The smallest absolute Gasteiger partial charge is 0.251 e. The maximum absolute atomic E-state index is 12.0. The van der Waals surface area contributed by atoms with Crippen LogP contribution in [0, 0.1) is 18.8 Å². The van der Waals surface area contributed by atoms with E-state index in [-0.39, 0.29) is 12.5 Å². The molecule has 0 saturated carbocycles. The average molecular weight is 275 g/mol. The minimum Gasteiger partial charge on any atom is -0.384 e. The Hall–Kier alpha value is -1.83. The van der Waals surface area contributed by atoms with Crippen molar-refractivity contribution in [2.75, 3.05) is 26.4 Å². The minimum atomic E-state index is -0.187. The molecule has 20 heavy (non-hydrogen) atoms. The van der Waals surface area contributed by atoms with E-state index in [1.165, 1.54) is 0 Å². The Kier molecular flexibility index (Phi) is 7.41. The SMILES string of the molecule is CCOCCCNC(=O)c1ccc(C)c(C#CCO)c1. The summed E-state index contributed by atoms with van der Waals surface area (Å²) in [6.07, 6.45) is 0.794. The number of aliphatic hydroxyl groups is 1. The van der Waals surface area contributed by atoms with Gasteiger partial charge in [-0.1, -0.05) is 17.9 Å². The van der Waals surface area contributed by atoms with Crippen LogP contribution in [0.4, 0.5) is 0 Å². The summed E-state index contributed by atoms with van der Waals surface area (Å²) in [7, 11) is 0. The maximum Gasteiger partial charge on any atom is 0.251 e. The number of hydrogen-bond donors (Lipinski definition) is 2. The van der Waals surface area contributed by atoms with E-state index < -0.39 is 0 Å². The number of nitrogens with one attached hydrogen (secondary N) is 1. The summed E-state index contributed by atoms with van der Waals surface area (Å²) < 4.78 is 5.21. The second kappa shape index (κ2) is 9.13. The van der Waals surface area contributed by atoms with Gasteiger partial charge in [0.1, 0.15) is 6.61 Å². The molecule has 1 aromatic rings. The summed E-state index contributed by atoms with van der Waals surface area (Å²) in [5.41, 5.74) is 2.33. The largest absolute Gasteiger partial charge is 0.384 e. The van der Waals surface area contributed by atoms with Crippen molar-refractivity contribution in [1.82, 2.24) is 5.32 Å². The predicted molar refractivity (Wildman–Crippen MR) is 78.6 cm³/mol. The van der Waals surface area contributed by atoms with Gasteiger partial charge in [-0.2, -0.15) is 0 Å². The van der Waals surface area contributed by atoms with Crippen molar-refractivity contribution in [2.24, 2.45) is 0 Å². The third-order valence-electron chi connectivity index (χ3n) is 2.76. The standard InChI is InChI=1S/C16H21NO3/c1-3-20-11-5-9-17-16(19)15-8-7-13(2)14(12-15)6-4-10-18/h7-8,12,18H,3,5,9-11H2,1-2H3,(H,17,19). The molecule has 1 rings (SSSR count). The highest BCUT2D eigenvalue weighted by atomic mass is 16.5. The molecule has 0 atom stereocenters. The fourth-order valence-corrected chi connectivity index (χ4v) is 1.66. The fraction of sp³-hybridized carbons (Fsp3) is 0.438. The molecule has 0 aromatic heterocycles. The summed E-state index contributed by atoms with van der Waals surface area (Å²) in [5, 5.41) is 11.6. The van der Waals surface area contributed by atoms with E-state index in [0.29, 0.717) is 25.3 Å². The Bertz CT molecular complexity index is 500. The van der Waals surface area contributed by atoms with Gasteiger partial charge in [0, 0.05) is 30.9 Å². The lowest BCUT2D eigenvalue weighted by Crippen LogP contribution is -2.25. The molecule has 1 aromatic carbocycles. The van der Waals surface area contributed by atoms with Gasteiger partial charge in [-0.25, -0.2) is 0 Å². The molecular formula is C16H21NO3. The fourth-order valence-electron chi connectivity index (χ4n) is 1.66. The van der Waals surface area contributed by atoms with E-state index in [0.717, 1.165) is 17.5 Å². The van der Waals surface area contributed by atoms with E-state index in [4.69, 9.17) is 9.84 Å². The average Bonchev–Trinajstić information content (AvgIpc) is 2.46. The second-order valence-electron chi connectivity index (χ2n) is 4.30. The van der Waals surface area contributed by atoms with E-state index in [9.17, 15) is 4.79 Å². The number of carbonyl (C=O) groups excluding carboxylic acids is 1. The molecular weight excluding hydrogens is 254 g/mol. The molecule has 4 heteroatoms. The minimum absolute atomic E-state index is 0.117. The first-order valence-electron chi connectivity index (χ1n) is 6.75. The predicted octanol–water partition coefficient (Wildman–Crippen LogP) is 1.50. The molecule has 108 valence electrons. The van der Waals surface area contributed by atoms with Gasteiger partial charge in [-0.15, -0.1) is 0 Å². The highest BCUT2D eigenvalue weighted by Gasteiger charge is 2.06. The Labute approximate surface area is 120 Å². The van der Waals surface area contributed by atoms with Crippen molar-refractivity contribution in [2.45, 2.75) is 20.3 Å². The molecule has 2 N–H and O–H groups in total. The van der Waals surface area contributed by atoms with Crippen molar-refractivity contribution in [3.05, 3.63) is 34.9 Å². The van der Waals surface area contributed by atoms with Crippen LogP contribution in [0.1, 0.15) is 34.8 Å². The van der Waals surface area contributed by atoms with Gasteiger partial charge < -0.3 is 15.2 Å². The monoisotopic (exact) mass is 275 g/mol. The summed E-state index contributed by atoms with van der Waals surface area (Å²) in [5.74, 6) is 5.32. The molecule has 4 nitrogen and oxygen atoms in total. The van der Waals surface area contributed by atoms with Gasteiger partial charge in [0.05, 0.1) is 0 Å². The van der Waals surface area contributed by atoms with Crippen LogP contribution in [0.3, 0.4) is 0 Å². The van der Waals surface area contributed by atoms with Gasteiger partial charge in [0.15, 0.2) is 0 Å². The van der Waals surface area contributed by atoms with Crippen LogP contribution in [0.5, 0.6) is 0 Å². The number of aliphatic hydroxyl groups excluding tert-OH is 1. The zero-order chi connectivity index (χ0) is 14.8. The van der Waals surface area contributed by atoms with Gasteiger partial charge in [0.25, 0.3) is 5.91 Å². The van der Waals surface area contributed by atoms with Crippen LogP contribution in [0.15, 0.2) is 18.2 Å². The van der Waals surface area contributed by atoms with Crippen LogP contribution in [0.25, 0.3) is 0 Å². The van der Waals surface area contributed by atoms with Gasteiger partial charge in [-0.05, 0) is 38.0 Å². The number of aryl methyl sites for hydroxylation is 1. The molecule has 0 heterocycles. The number of amides is 1. The van der Waals surface area contributed by atoms with Gasteiger partial charge in [-0.3, -0.25) is 4.79 Å². The lowest BCUT2D eigenvalue weighted by Gasteiger charge is -2.07. The number of benzene rings is 1. The van der Waals surface area contributed by atoms with E-state index in [2.05, 4.69) is 17.2 Å². The summed E-state index contributed by atoms with van der Waals surface area (Å²) in [6.45, 7) is 5.61. The lowest BCUT2D eigenvalue weighted by atomic mass is 10.0. The van der Waals surface area contributed by atoms with Crippen LogP contribution >= 0.6 is 0 Å². The van der Waals surface area contributed by atoms with E-state index in [1.54, 1.807) is 12.1 Å². The second-order valence-corrected chi connectivity index (χ2v) is 4.30. The van der Waals surface area contributed by atoms with E-state index >= 15 is 0 Å². The molecule has 0 aliphatic rings. The Morgan fingerprint density at radius 2 is 2.25 bits per heavy atom. The summed E-state index contributed by atoms with van der Waals surface area (Å²) >= 11 is 0. The topological polar surface area (TPSA) is 58.6 Å². The summed E-state index contributed by atoms with van der Waals surface area (Å²) in [6, 6.07) is 5.38. The normalized spacial score (nSPS) is 9.75. The van der Waals surface area contributed by atoms with Crippen LogP contribution in [0.2, 0.25) is 0 Å². The molecule has 1 amide bonds. The van der Waals surface area contributed by atoms with Crippen molar-refractivity contribution in [3.63, 3.8) is 0 Å². The Balaban J connectivity index is 2.60. The van der Waals surface area contributed by atoms with Crippen molar-refractivity contribution in [3.8, 4) is 11.8 Å². The Morgan fingerprint density at radius 1 is 1.45 bits per heavy atom. The van der Waals surface area contributed by atoms with Crippen LogP contribution in [-0.2, 0) is 4.74 Å². The number of carbonyl (C=O) groups is 1. The van der Waals surface area contributed by atoms with Crippen molar-refractivity contribution < 1.29 is 14.6 Å².